The van der Waals surface area contributed by atoms with Crippen molar-refractivity contribution in [1.29, 1.82) is 0 Å². The van der Waals surface area contributed by atoms with Crippen molar-refractivity contribution in [2.75, 3.05) is 26.7 Å². The van der Waals surface area contributed by atoms with Gasteiger partial charge in [-0.3, -0.25) is 14.5 Å². The fourth-order valence-electron chi connectivity index (χ4n) is 3.44. The van der Waals surface area contributed by atoms with Crippen LogP contribution in [0, 0.1) is 0 Å². The van der Waals surface area contributed by atoms with Gasteiger partial charge in [-0.1, -0.05) is 25.0 Å². The Morgan fingerprint density at radius 2 is 1.88 bits per heavy atom. The number of hydrogen-bond acceptors (Lipinski definition) is 4. The van der Waals surface area contributed by atoms with Crippen molar-refractivity contribution >= 4 is 11.9 Å². The lowest BCUT2D eigenvalue weighted by Crippen LogP contribution is -2.46. The number of carbonyl (C=O) groups excluding carboxylic acids is 1. The Bertz CT molecular complexity index is 600. The maximum Gasteiger partial charge on any atom is 0.317 e. The van der Waals surface area contributed by atoms with E-state index in [0.29, 0.717) is 6.54 Å². The van der Waals surface area contributed by atoms with E-state index in [4.69, 9.17) is 9.84 Å². The number of carboxylic acids is 1. The second-order valence-corrected chi connectivity index (χ2v) is 7.12. The quantitative estimate of drug-likeness (QED) is 0.808. The van der Waals surface area contributed by atoms with Gasteiger partial charge in [-0.05, 0) is 44.4 Å². The van der Waals surface area contributed by atoms with Crippen molar-refractivity contribution < 1.29 is 19.4 Å². The number of carboxylic acid groups (broad SMARTS) is 1. The van der Waals surface area contributed by atoms with Gasteiger partial charge in [-0.25, -0.2) is 0 Å². The first-order valence-corrected chi connectivity index (χ1v) is 9.31. The zero-order valence-corrected chi connectivity index (χ0v) is 16.0. The Morgan fingerprint density at radius 1 is 1.19 bits per heavy atom. The predicted octanol–water partition coefficient (Wildman–Crippen LogP) is 2.93. The molecule has 1 amide bonds. The molecule has 6 heteroatoms. The highest BCUT2D eigenvalue weighted by Crippen LogP contribution is 2.31. The van der Waals surface area contributed by atoms with Crippen LogP contribution in [0.5, 0.6) is 5.75 Å². The van der Waals surface area contributed by atoms with Gasteiger partial charge < -0.3 is 14.7 Å². The lowest BCUT2D eigenvalue weighted by atomic mass is 10.0. The number of aliphatic carboxylic acids is 1. The van der Waals surface area contributed by atoms with Crippen LogP contribution in [0.15, 0.2) is 24.3 Å². The van der Waals surface area contributed by atoms with Crippen molar-refractivity contribution in [2.24, 2.45) is 0 Å². The molecule has 1 unspecified atom stereocenters. The van der Waals surface area contributed by atoms with Gasteiger partial charge in [-0.2, -0.15) is 0 Å². The molecule has 1 N–H and O–H groups in total. The van der Waals surface area contributed by atoms with Gasteiger partial charge in [0.25, 0.3) is 0 Å². The van der Waals surface area contributed by atoms with Gasteiger partial charge in [-0.15, -0.1) is 0 Å². The summed E-state index contributed by atoms with van der Waals surface area (Å²) in [5.41, 5.74) is 1.11. The second kappa shape index (κ2) is 9.57. The summed E-state index contributed by atoms with van der Waals surface area (Å²) in [6, 6.07) is 7.93. The number of likely N-dealkylation sites (tertiary alicyclic amines) is 1. The minimum atomic E-state index is -0.908. The van der Waals surface area contributed by atoms with E-state index in [9.17, 15) is 9.59 Å². The van der Waals surface area contributed by atoms with Crippen molar-refractivity contribution in [1.82, 2.24) is 9.80 Å². The topological polar surface area (TPSA) is 70.1 Å². The summed E-state index contributed by atoms with van der Waals surface area (Å²) in [4.78, 5) is 27.8. The molecule has 1 atom stereocenters. The molecule has 144 valence electrons. The maximum absolute atomic E-state index is 13.0. The Morgan fingerprint density at radius 3 is 2.46 bits per heavy atom. The molecule has 0 bridgehead atoms. The number of carbonyl (C=O) groups is 2. The highest BCUT2D eigenvalue weighted by atomic mass is 16.5. The van der Waals surface area contributed by atoms with Crippen LogP contribution in [0.3, 0.4) is 0 Å². The molecule has 1 fully saturated rings. The van der Waals surface area contributed by atoms with Gasteiger partial charge in [0.05, 0.1) is 26.2 Å². The van der Waals surface area contributed by atoms with Gasteiger partial charge in [0, 0.05) is 12.6 Å². The molecule has 2 rings (SSSR count). The van der Waals surface area contributed by atoms with Crippen molar-refractivity contribution in [3.8, 4) is 5.75 Å². The Labute approximate surface area is 155 Å². The number of hydrogen-bond donors (Lipinski definition) is 1. The van der Waals surface area contributed by atoms with Gasteiger partial charge >= 0.3 is 5.97 Å². The largest absolute Gasteiger partial charge is 0.497 e. The fourth-order valence-corrected chi connectivity index (χ4v) is 3.44. The third-order valence-corrected chi connectivity index (χ3v) is 4.98. The first-order valence-electron chi connectivity index (χ1n) is 9.31. The average Bonchev–Trinajstić information content (AvgIpc) is 2.86. The number of nitrogens with zero attached hydrogens (tertiary/aromatic N) is 2. The van der Waals surface area contributed by atoms with Crippen LogP contribution >= 0.6 is 0 Å². The van der Waals surface area contributed by atoms with Crippen LogP contribution < -0.4 is 4.74 Å². The Hall–Kier alpha value is -2.08. The lowest BCUT2D eigenvalue weighted by molar-refractivity contribution is -0.141. The summed E-state index contributed by atoms with van der Waals surface area (Å²) in [6.07, 6.45) is 4.11. The second-order valence-electron chi connectivity index (χ2n) is 7.12. The average molecular weight is 362 g/mol. The Balaban J connectivity index is 2.17. The monoisotopic (exact) mass is 362 g/mol. The molecule has 6 nitrogen and oxygen atoms in total. The maximum atomic E-state index is 13.0. The number of amides is 1. The van der Waals surface area contributed by atoms with E-state index in [1.807, 2.05) is 43.0 Å². The fraction of sp³-hybridized carbons (Fsp3) is 0.600. The van der Waals surface area contributed by atoms with Crippen LogP contribution in [0.25, 0.3) is 0 Å². The summed E-state index contributed by atoms with van der Waals surface area (Å²) < 4.78 is 5.23. The molecule has 1 saturated heterocycles. The number of rotatable bonds is 7. The molecule has 0 radical (unpaired) electrons. The highest BCUT2D eigenvalue weighted by Gasteiger charge is 2.28. The predicted molar refractivity (Wildman–Crippen MR) is 100 cm³/mol. The smallest absolute Gasteiger partial charge is 0.317 e. The van der Waals surface area contributed by atoms with E-state index < -0.39 is 5.97 Å². The summed E-state index contributed by atoms with van der Waals surface area (Å²) in [6.45, 7) is 4.56. The SMILES string of the molecule is COc1ccc(C2CCCCCN2C(=O)CN(CC(=O)O)C(C)C)cc1. The van der Waals surface area contributed by atoms with Crippen molar-refractivity contribution in [3.05, 3.63) is 29.8 Å². The molecule has 0 aliphatic carbocycles. The van der Waals surface area contributed by atoms with E-state index in [-0.39, 0.29) is 31.1 Å². The third kappa shape index (κ3) is 5.46. The van der Waals surface area contributed by atoms with E-state index in [1.54, 1.807) is 12.0 Å². The minimum absolute atomic E-state index is 0.00136. The van der Waals surface area contributed by atoms with Gasteiger partial charge in [0.1, 0.15) is 5.75 Å². The van der Waals surface area contributed by atoms with Crippen molar-refractivity contribution in [3.63, 3.8) is 0 Å². The first kappa shape index (κ1) is 20.2. The van der Waals surface area contributed by atoms with E-state index >= 15 is 0 Å². The summed E-state index contributed by atoms with van der Waals surface area (Å²) >= 11 is 0. The number of ether oxygens (including phenoxy) is 1. The molecule has 1 aliphatic rings. The van der Waals surface area contributed by atoms with E-state index in [0.717, 1.165) is 37.0 Å². The van der Waals surface area contributed by atoms with Crippen LogP contribution in [-0.4, -0.2) is 59.6 Å². The molecular weight excluding hydrogens is 332 g/mol. The van der Waals surface area contributed by atoms with Gasteiger partial charge in [0.2, 0.25) is 5.91 Å². The molecule has 0 aromatic heterocycles. The lowest BCUT2D eigenvalue weighted by Gasteiger charge is -2.33. The zero-order valence-electron chi connectivity index (χ0n) is 16.0. The first-order chi connectivity index (χ1) is 12.4. The molecule has 0 saturated carbocycles. The molecule has 1 aromatic carbocycles. The Kier molecular flexibility index (Phi) is 7.45. The van der Waals surface area contributed by atoms with E-state index in [2.05, 4.69) is 0 Å². The molecule has 26 heavy (non-hydrogen) atoms. The third-order valence-electron chi connectivity index (χ3n) is 4.98. The van der Waals surface area contributed by atoms with Gasteiger partial charge in [0.15, 0.2) is 0 Å². The molecule has 1 aromatic rings. The standard InChI is InChI=1S/C20H30N2O4/c1-15(2)21(14-20(24)25)13-19(23)22-12-6-4-5-7-18(22)16-8-10-17(26-3)11-9-16/h8-11,15,18H,4-7,12-14H2,1-3H3,(H,24,25). The van der Waals surface area contributed by atoms with Crippen LogP contribution in [0.2, 0.25) is 0 Å². The van der Waals surface area contributed by atoms with Crippen molar-refractivity contribution in [2.45, 2.75) is 51.6 Å². The van der Waals surface area contributed by atoms with Crippen LogP contribution in [0.1, 0.15) is 51.1 Å². The summed E-state index contributed by atoms with van der Waals surface area (Å²) in [5, 5.41) is 9.10. The van der Waals surface area contributed by atoms with Crippen LogP contribution in [-0.2, 0) is 9.59 Å². The van der Waals surface area contributed by atoms with Crippen LogP contribution in [0.4, 0.5) is 0 Å². The summed E-state index contributed by atoms with van der Waals surface area (Å²) in [5.74, 6) is -0.107. The number of benzene rings is 1. The molecule has 0 spiro atoms. The molecular formula is C20H30N2O4. The highest BCUT2D eigenvalue weighted by molar-refractivity contribution is 5.80. The molecule has 1 heterocycles. The number of methoxy groups -OCH3 is 1. The summed E-state index contributed by atoms with van der Waals surface area (Å²) in [7, 11) is 1.64. The molecule has 1 aliphatic heterocycles. The normalized spacial score (nSPS) is 18.0. The van der Waals surface area contributed by atoms with E-state index in [1.165, 1.54) is 0 Å². The minimum Gasteiger partial charge on any atom is -0.497 e. The zero-order chi connectivity index (χ0) is 19.1.